The first-order valence-electron chi connectivity index (χ1n) is 12.2. The molecule has 3 rings (SSSR count). The topological polar surface area (TPSA) is 75.6 Å². The molecule has 190 valence electrons. The summed E-state index contributed by atoms with van der Waals surface area (Å²) in [5, 5.41) is 13.5. The van der Waals surface area contributed by atoms with Gasteiger partial charge in [-0.2, -0.15) is 0 Å². The van der Waals surface area contributed by atoms with E-state index in [1.165, 1.54) is 0 Å². The Kier molecular flexibility index (Phi) is 10.6. The molecule has 0 amide bonds. The minimum atomic E-state index is -0.885. The number of carboxylic acid groups (broad SMARTS) is 1. The first-order valence-corrected chi connectivity index (χ1v) is 12.9. The van der Waals surface area contributed by atoms with Crippen LogP contribution < -0.4 is 10.1 Å². The second-order valence-electron chi connectivity index (χ2n) is 8.69. The fourth-order valence-corrected chi connectivity index (χ4v) is 4.35. The Morgan fingerprint density at radius 3 is 2.31 bits per heavy atom. The number of anilines is 1. The summed E-state index contributed by atoms with van der Waals surface area (Å²) in [4.78, 5) is 22.9. The van der Waals surface area contributed by atoms with Crippen molar-refractivity contribution in [3.05, 3.63) is 82.3 Å². The Bertz CT molecular complexity index is 1150. The van der Waals surface area contributed by atoms with E-state index in [9.17, 15) is 9.59 Å². The molecule has 2 N–H and O–H groups in total. The summed E-state index contributed by atoms with van der Waals surface area (Å²) < 4.78 is 6.08. The first kappa shape index (κ1) is 27.6. The lowest BCUT2D eigenvalue weighted by molar-refractivity contribution is -0.137. The van der Waals surface area contributed by atoms with Crippen molar-refractivity contribution >= 4 is 40.6 Å². The van der Waals surface area contributed by atoms with Crippen LogP contribution in [0.3, 0.4) is 0 Å². The number of ketones is 1. The van der Waals surface area contributed by atoms with Gasteiger partial charge < -0.3 is 15.2 Å². The van der Waals surface area contributed by atoms with Gasteiger partial charge in [-0.25, -0.2) is 0 Å². The third kappa shape index (κ3) is 8.58. The van der Waals surface area contributed by atoms with Crippen LogP contribution in [-0.2, 0) is 4.79 Å². The number of hydrogen-bond donors (Lipinski definition) is 2. The maximum Gasteiger partial charge on any atom is 0.303 e. The Balaban J connectivity index is 1.57. The van der Waals surface area contributed by atoms with Gasteiger partial charge in [-0.3, -0.25) is 9.59 Å². The van der Waals surface area contributed by atoms with Crippen LogP contribution in [0.1, 0.15) is 55.8 Å². The van der Waals surface area contributed by atoms with Gasteiger partial charge in [0.15, 0.2) is 5.78 Å². The zero-order valence-electron chi connectivity index (χ0n) is 20.3. The van der Waals surface area contributed by atoms with Crippen molar-refractivity contribution in [2.45, 2.75) is 51.5 Å². The molecule has 36 heavy (non-hydrogen) atoms. The molecule has 0 fully saturated rings. The molecule has 0 spiro atoms. The third-order valence-corrected chi connectivity index (χ3v) is 6.37. The van der Waals surface area contributed by atoms with Gasteiger partial charge in [-0.1, -0.05) is 61.2 Å². The molecule has 0 unspecified atom stereocenters. The number of carbonyl (C=O) groups excluding carboxylic acids is 1. The average Bonchev–Trinajstić information content (AvgIpc) is 2.86. The molecule has 0 aliphatic heterocycles. The van der Waals surface area contributed by atoms with Crippen molar-refractivity contribution in [2.24, 2.45) is 0 Å². The number of Topliss-reactive ketones (excluding diaryl/α,β-unsaturated/α-hetero) is 1. The van der Waals surface area contributed by atoms with E-state index in [-0.39, 0.29) is 24.7 Å². The average molecular weight is 528 g/mol. The summed E-state index contributed by atoms with van der Waals surface area (Å²) in [5.74, 6) is -0.156. The van der Waals surface area contributed by atoms with Crippen LogP contribution in [0, 0.1) is 0 Å². The van der Waals surface area contributed by atoms with Crippen molar-refractivity contribution in [1.29, 1.82) is 0 Å². The summed E-state index contributed by atoms with van der Waals surface area (Å²) in [6.07, 6.45) is 3.67. The van der Waals surface area contributed by atoms with E-state index in [0.717, 1.165) is 41.8 Å². The number of halogens is 2. The molecule has 1 atom stereocenters. The Morgan fingerprint density at radius 1 is 0.944 bits per heavy atom. The summed E-state index contributed by atoms with van der Waals surface area (Å²) in [7, 11) is 0. The third-order valence-electron chi connectivity index (χ3n) is 5.83. The van der Waals surface area contributed by atoms with E-state index < -0.39 is 5.97 Å². The summed E-state index contributed by atoms with van der Waals surface area (Å²) in [6, 6.07) is 20.7. The van der Waals surface area contributed by atoms with Crippen LogP contribution in [0.25, 0.3) is 11.1 Å². The Labute approximate surface area is 222 Å². The second-order valence-corrected chi connectivity index (χ2v) is 9.53. The van der Waals surface area contributed by atoms with E-state index in [1.807, 2.05) is 48.5 Å². The molecular formula is C29H31Cl2NO4. The van der Waals surface area contributed by atoms with Gasteiger partial charge in [0.25, 0.3) is 0 Å². The summed E-state index contributed by atoms with van der Waals surface area (Å²) in [5.41, 5.74) is 3.41. The summed E-state index contributed by atoms with van der Waals surface area (Å²) in [6.45, 7) is 2.65. The van der Waals surface area contributed by atoms with Crippen LogP contribution in [0.4, 0.5) is 5.69 Å². The van der Waals surface area contributed by atoms with E-state index in [0.29, 0.717) is 28.6 Å². The highest BCUT2D eigenvalue weighted by Gasteiger charge is 2.12. The fraction of sp³-hybridized carbons (Fsp3) is 0.310. The lowest BCUT2D eigenvalue weighted by Gasteiger charge is -2.21. The molecule has 0 aliphatic rings. The van der Waals surface area contributed by atoms with Crippen LogP contribution in [-0.4, -0.2) is 29.5 Å². The predicted octanol–water partition coefficient (Wildman–Crippen LogP) is 8.15. The second kappa shape index (κ2) is 13.9. The molecular weight excluding hydrogens is 497 g/mol. The van der Waals surface area contributed by atoms with Crippen molar-refractivity contribution < 1.29 is 19.4 Å². The zero-order chi connectivity index (χ0) is 25.9. The highest BCUT2D eigenvalue weighted by atomic mass is 35.5. The molecule has 0 bridgehead atoms. The highest BCUT2D eigenvalue weighted by molar-refractivity contribution is 6.36. The SMILES string of the molecule is CCCC[C@@H](COc1ccc(-c2ccc(Cl)cc2Cl)cc1)Nc1ccc(C(=O)CCCC(=O)O)cc1. The number of benzene rings is 3. The molecule has 3 aromatic carbocycles. The quantitative estimate of drug-likeness (QED) is 0.207. The normalized spacial score (nSPS) is 11.6. The number of unbranched alkanes of at least 4 members (excludes halogenated alkanes) is 1. The number of carbonyl (C=O) groups is 2. The lowest BCUT2D eigenvalue weighted by atomic mass is 10.0. The maximum atomic E-state index is 12.3. The summed E-state index contributed by atoms with van der Waals surface area (Å²) >= 11 is 12.3. The number of aliphatic carboxylic acids is 1. The molecule has 0 saturated carbocycles. The first-order chi connectivity index (χ1) is 17.4. The molecule has 7 heteroatoms. The van der Waals surface area contributed by atoms with Crippen LogP contribution in [0.15, 0.2) is 66.7 Å². The molecule has 0 aliphatic carbocycles. The van der Waals surface area contributed by atoms with Gasteiger partial charge in [0.2, 0.25) is 0 Å². The Hall–Kier alpha value is -3.02. The Morgan fingerprint density at radius 2 is 1.67 bits per heavy atom. The van der Waals surface area contributed by atoms with Crippen molar-refractivity contribution in [1.82, 2.24) is 0 Å². The number of nitrogens with one attached hydrogen (secondary N) is 1. The van der Waals surface area contributed by atoms with Gasteiger partial charge in [0.05, 0.1) is 6.04 Å². The van der Waals surface area contributed by atoms with E-state index in [1.54, 1.807) is 18.2 Å². The predicted molar refractivity (Wildman–Crippen MR) is 147 cm³/mol. The molecule has 3 aromatic rings. The van der Waals surface area contributed by atoms with Gasteiger partial charge in [-0.05, 0) is 66.9 Å². The number of hydrogen-bond acceptors (Lipinski definition) is 4. The minimum absolute atomic E-state index is 0.00207. The maximum absolute atomic E-state index is 12.3. The number of rotatable bonds is 14. The van der Waals surface area contributed by atoms with Gasteiger partial charge in [0.1, 0.15) is 12.4 Å². The van der Waals surface area contributed by atoms with Crippen LogP contribution >= 0.6 is 23.2 Å². The smallest absolute Gasteiger partial charge is 0.303 e. The van der Waals surface area contributed by atoms with Crippen molar-refractivity contribution in [3.63, 3.8) is 0 Å². The minimum Gasteiger partial charge on any atom is -0.491 e. The molecule has 0 radical (unpaired) electrons. The standard InChI is InChI=1S/C29H31Cl2NO4/c1-2-3-5-24(32-23-13-8-21(9-14-23)28(33)6-4-7-29(34)35)19-36-25-15-10-20(11-16-25)26-17-12-22(30)18-27(26)31/h8-18,24,32H,2-7,19H2,1H3,(H,34,35)/t24-/m0/s1. The molecule has 0 saturated heterocycles. The van der Waals surface area contributed by atoms with E-state index >= 15 is 0 Å². The molecule has 0 aromatic heterocycles. The van der Waals surface area contributed by atoms with Crippen LogP contribution in [0.5, 0.6) is 5.75 Å². The van der Waals surface area contributed by atoms with Crippen molar-refractivity contribution in [3.8, 4) is 16.9 Å². The van der Waals surface area contributed by atoms with Crippen LogP contribution in [0.2, 0.25) is 10.0 Å². The molecule has 0 heterocycles. The van der Waals surface area contributed by atoms with Gasteiger partial charge in [-0.15, -0.1) is 0 Å². The molecule has 5 nitrogen and oxygen atoms in total. The van der Waals surface area contributed by atoms with Crippen molar-refractivity contribution in [2.75, 3.05) is 11.9 Å². The lowest BCUT2D eigenvalue weighted by Crippen LogP contribution is -2.27. The fourth-order valence-electron chi connectivity index (χ4n) is 3.83. The zero-order valence-corrected chi connectivity index (χ0v) is 21.8. The largest absolute Gasteiger partial charge is 0.491 e. The monoisotopic (exact) mass is 527 g/mol. The van der Waals surface area contributed by atoms with E-state index in [4.69, 9.17) is 33.0 Å². The van der Waals surface area contributed by atoms with Gasteiger partial charge in [0, 0.05) is 39.7 Å². The van der Waals surface area contributed by atoms with E-state index in [2.05, 4.69) is 12.2 Å². The number of ether oxygens (including phenoxy) is 1. The highest BCUT2D eigenvalue weighted by Crippen LogP contribution is 2.31. The number of carboxylic acids is 1. The van der Waals surface area contributed by atoms with Gasteiger partial charge >= 0.3 is 5.97 Å².